The van der Waals surface area contributed by atoms with Crippen LogP contribution in [0.15, 0.2) is 77.3 Å². The summed E-state index contributed by atoms with van der Waals surface area (Å²) in [6.45, 7) is 1.75. The van der Waals surface area contributed by atoms with Crippen LogP contribution in [0.2, 0.25) is 0 Å². The van der Waals surface area contributed by atoms with Crippen molar-refractivity contribution in [3.05, 3.63) is 88.4 Å². The van der Waals surface area contributed by atoms with Gasteiger partial charge in [0.2, 0.25) is 0 Å². The van der Waals surface area contributed by atoms with Crippen LogP contribution in [0.3, 0.4) is 0 Å². The number of hydrogen-bond acceptors (Lipinski definition) is 2. The van der Waals surface area contributed by atoms with Crippen LogP contribution in [0, 0.1) is 0 Å². The molecular formula is C21H21BrClNO. The van der Waals surface area contributed by atoms with Gasteiger partial charge in [-0.25, -0.2) is 0 Å². The summed E-state index contributed by atoms with van der Waals surface area (Å²) < 4.78 is 6.25. The Balaban J connectivity index is 0.00000225. The highest BCUT2D eigenvalue weighted by Crippen LogP contribution is 2.30. The lowest BCUT2D eigenvalue weighted by molar-refractivity contribution is 0.412. The van der Waals surface area contributed by atoms with Crippen LogP contribution in [0.5, 0.6) is 5.75 Å². The molecule has 0 saturated heterocycles. The smallest absolute Gasteiger partial charge is 0.133 e. The Morgan fingerprint density at radius 1 is 0.800 bits per heavy atom. The number of hydrogen-bond donors (Lipinski definition) is 1. The Morgan fingerprint density at radius 2 is 1.40 bits per heavy atom. The van der Waals surface area contributed by atoms with Crippen LogP contribution in [0.25, 0.3) is 11.1 Å². The van der Waals surface area contributed by atoms with Gasteiger partial charge in [-0.05, 0) is 50.3 Å². The van der Waals surface area contributed by atoms with Crippen molar-refractivity contribution in [3.8, 4) is 16.9 Å². The lowest BCUT2D eigenvalue weighted by Gasteiger charge is -2.08. The summed E-state index contributed by atoms with van der Waals surface area (Å²) in [5.74, 6) is 0.848. The van der Waals surface area contributed by atoms with E-state index in [9.17, 15) is 0 Å². The molecular weight excluding hydrogens is 398 g/mol. The highest BCUT2D eigenvalue weighted by Gasteiger charge is 2.04. The number of ether oxygens (including phenoxy) is 1. The second-order valence-electron chi connectivity index (χ2n) is 5.64. The average molecular weight is 419 g/mol. The number of methoxy groups -OCH3 is 1. The maximum absolute atomic E-state index is 5.28. The molecule has 0 amide bonds. The maximum Gasteiger partial charge on any atom is 0.133 e. The van der Waals surface area contributed by atoms with Gasteiger partial charge in [-0.15, -0.1) is 12.4 Å². The molecule has 25 heavy (non-hydrogen) atoms. The fourth-order valence-electron chi connectivity index (χ4n) is 2.61. The summed E-state index contributed by atoms with van der Waals surface area (Å²) in [6, 6.07) is 25.3. The summed E-state index contributed by atoms with van der Waals surface area (Å²) in [5, 5.41) is 3.48. The summed E-state index contributed by atoms with van der Waals surface area (Å²) >= 11 is 3.54. The molecule has 3 aromatic carbocycles. The third kappa shape index (κ3) is 5.33. The normalized spacial score (nSPS) is 10.2. The molecule has 0 heterocycles. The van der Waals surface area contributed by atoms with E-state index in [4.69, 9.17) is 4.74 Å². The quantitative estimate of drug-likeness (QED) is 0.543. The van der Waals surface area contributed by atoms with E-state index in [-0.39, 0.29) is 12.4 Å². The molecule has 3 rings (SSSR count). The summed E-state index contributed by atoms with van der Waals surface area (Å²) in [6.07, 6.45) is 0. The van der Waals surface area contributed by atoms with E-state index < -0.39 is 0 Å². The molecule has 0 radical (unpaired) electrons. The minimum Gasteiger partial charge on any atom is -0.496 e. The molecule has 4 heteroatoms. The van der Waals surface area contributed by atoms with Crippen molar-refractivity contribution in [1.82, 2.24) is 5.32 Å². The third-order valence-corrected chi connectivity index (χ3v) is 4.56. The molecule has 1 N–H and O–H groups in total. The van der Waals surface area contributed by atoms with Crippen molar-refractivity contribution in [2.45, 2.75) is 13.1 Å². The molecule has 0 aliphatic heterocycles. The summed E-state index contributed by atoms with van der Waals surface area (Å²) in [5.41, 5.74) is 4.95. The fraction of sp³-hybridized carbons (Fsp3) is 0.143. The average Bonchev–Trinajstić information content (AvgIpc) is 2.63. The van der Waals surface area contributed by atoms with E-state index >= 15 is 0 Å². The van der Waals surface area contributed by atoms with Crippen molar-refractivity contribution in [1.29, 1.82) is 0 Å². The minimum absolute atomic E-state index is 0. The van der Waals surface area contributed by atoms with Crippen LogP contribution in [0.4, 0.5) is 0 Å². The minimum atomic E-state index is 0. The fourth-order valence-corrected chi connectivity index (χ4v) is 3.15. The molecule has 130 valence electrons. The van der Waals surface area contributed by atoms with Crippen molar-refractivity contribution in [3.63, 3.8) is 0 Å². The Hall–Kier alpha value is -1.81. The van der Waals surface area contributed by atoms with Crippen LogP contribution < -0.4 is 10.1 Å². The molecule has 0 fully saturated rings. The van der Waals surface area contributed by atoms with Crippen molar-refractivity contribution in [2.24, 2.45) is 0 Å². The van der Waals surface area contributed by atoms with Crippen molar-refractivity contribution < 1.29 is 4.74 Å². The first-order valence-electron chi connectivity index (χ1n) is 7.94. The number of nitrogens with one attached hydrogen (secondary N) is 1. The van der Waals surface area contributed by atoms with Gasteiger partial charge in [-0.2, -0.15) is 0 Å². The second-order valence-corrected chi connectivity index (χ2v) is 6.49. The van der Waals surface area contributed by atoms with E-state index in [0.717, 1.165) is 23.3 Å². The van der Waals surface area contributed by atoms with Gasteiger partial charge in [-0.3, -0.25) is 0 Å². The largest absolute Gasteiger partial charge is 0.496 e. The lowest BCUT2D eigenvalue weighted by Crippen LogP contribution is -2.12. The molecule has 0 saturated carbocycles. The Bertz CT molecular complexity index is 791. The highest BCUT2D eigenvalue weighted by molar-refractivity contribution is 9.10. The zero-order chi connectivity index (χ0) is 16.8. The first kappa shape index (κ1) is 19.5. The van der Waals surface area contributed by atoms with Gasteiger partial charge in [0.1, 0.15) is 5.75 Å². The van der Waals surface area contributed by atoms with Crippen LogP contribution >= 0.6 is 28.3 Å². The van der Waals surface area contributed by atoms with E-state index in [2.05, 4.69) is 81.9 Å². The molecule has 2 nitrogen and oxygen atoms in total. The first-order valence-corrected chi connectivity index (χ1v) is 8.73. The van der Waals surface area contributed by atoms with Gasteiger partial charge in [0.15, 0.2) is 0 Å². The van der Waals surface area contributed by atoms with Gasteiger partial charge >= 0.3 is 0 Å². The SMILES string of the molecule is COc1ccc(-c2ccc(CNCc3ccccc3)cc2)cc1Br.Cl. The Morgan fingerprint density at radius 3 is 2.00 bits per heavy atom. The molecule has 0 aliphatic rings. The third-order valence-electron chi connectivity index (χ3n) is 3.94. The molecule has 0 aliphatic carbocycles. The lowest BCUT2D eigenvalue weighted by atomic mass is 10.0. The van der Waals surface area contributed by atoms with Crippen molar-refractivity contribution >= 4 is 28.3 Å². The molecule has 0 unspecified atom stereocenters. The van der Waals surface area contributed by atoms with Gasteiger partial charge in [0.25, 0.3) is 0 Å². The van der Waals surface area contributed by atoms with E-state index in [1.807, 2.05) is 12.1 Å². The van der Waals surface area contributed by atoms with Gasteiger partial charge in [0.05, 0.1) is 11.6 Å². The molecule has 0 bridgehead atoms. The first-order chi connectivity index (χ1) is 11.8. The van der Waals surface area contributed by atoms with Gasteiger partial charge in [0, 0.05) is 13.1 Å². The zero-order valence-corrected chi connectivity index (χ0v) is 16.4. The molecule has 0 atom stereocenters. The Kier molecular flexibility index (Phi) is 7.51. The van der Waals surface area contributed by atoms with Crippen LogP contribution in [-0.4, -0.2) is 7.11 Å². The molecule has 0 aromatic heterocycles. The van der Waals surface area contributed by atoms with E-state index in [1.54, 1.807) is 7.11 Å². The summed E-state index contributed by atoms with van der Waals surface area (Å²) in [4.78, 5) is 0. The monoisotopic (exact) mass is 417 g/mol. The number of benzene rings is 3. The summed E-state index contributed by atoms with van der Waals surface area (Å²) in [7, 11) is 1.68. The molecule has 0 spiro atoms. The maximum atomic E-state index is 5.28. The second kappa shape index (κ2) is 9.62. The van der Waals surface area contributed by atoms with Gasteiger partial charge in [-0.1, -0.05) is 60.7 Å². The van der Waals surface area contributed by atoms with Crippen LogP contribution in [-0.2, 0) is 13.1 Å². The van der Waals surface area contributed by atoms with E-state index in [0.29, 0.717) is 0 Å². The number of rotatable bonds is 6. The van der Waals surface area contributed by atoms with Gasteiger partial charge < -0.3 is 10.1 Å². The predicted molar refractivity (Wildman–Crippen MR) is 110 cm³/mol. The number of halogens is 2. The van der Waals surface area contributed by atoms with Crippen molar-refractivity contribution in [2.75, 3.05) is 7.11 Å². The molecule has 3 aromatic rings. The predicted octanol–water partition coefficient (Wildman–Crippen LogP) is 5.84. The topological polar surface area (TPSA) is 21.3 Å². The highest BCUT2D eigenvalue weighted by atomic mass is 79.9. The Labute approximate surface area is 163 Å². The van der Waals surface area contributed by atoms with Crippen LogP contribution in [0.1, 0.15) is 11.1 Å². The van der Waals surface area contributed by atoms with E-state index in [1.165, 1.54) is 22.3 Å². The zero-order valence-electron chi connectivity index (χ0n) is 14.0. The standard InChI is InChI=1S/C21H20BrNO.ClH/c1-24-21-12-11-19(13-20(21)22)18-9-7-17(8-10-18)15-23-14-16-5-3-2-4-6-16;/h2-13,23H,14-15H2,1H3;1H.